The zero-order valence-corrected chi connectivity index (χ0v) is 25.5. The maximum absolute atomic E-state index is 6.82. The molecule has 2 heterocycles. The third-order valence-corrected chi connectivity index (χ3v) is 10.0. The summed E-state index contributed by atoms with van der Waals surface area (Å²) in [4.78, 5) is 10.8. The Hall–Kier alpha value is -5.80. The molecular weight excluding hydrogens is 560 g/mol. The zero-order valence-electron chi connectivity index (χ0n) is 25.5. The fourth-order valence-electron chi connectivity index (χ4n) is 7.89. The van der Waals surface area contributed by atoms with E-state index in [9.17, 15) is 0 Å². The Labute approximate surface area is 265 Å². The molecule has 10 rings (SSSR count). The van der Waals surface area contributed by atoms with Crippen LogP contribution in [-0.2, 0) is 5.41 Å². The molecule has 0 N–H and O–H groups in total. The fourth-order valence-corrected chi connectivity index (χ4v) is 7.89. The SMILES string of the molecule is CC1(C)c2ccccc2-c2c1cc(-c1nc(-c3c4ccccc4cc4ccccc34)nc3ccccc13)c1oc3ccccc3c21. The van der Waals surface area contributed by atoms with E-state index in [-0.39, 0.29) is 5.41 Å². The highest BCUT2D eigenvalue weighted by Crippen LogP contribution is 2.55. The summed E-state index contributed by atoms with van der Waals surface area (Å²) in [7, 11) is 0. The van der Waals surface area contributed by atoms with Gasteiger partial charge in [0, 0.05) is 32.7 Å². The second-order valence-corrected chi connectivity index (χ2v) is 12.9. The van der Waals surface area contributed by atoms with Crippen molar-refractivity contribution in [2.24, 2.45) is 0 Å². The van der Waals surface area contributed by atoms with Gasteiger partial charge in [0.25, 0.3) is 0 Å². The Morgan fingerprint density at radius 3 is 1.93 bits per heavy atom. The monoisotopic (exact) mass is 588 g/mol. The van der Waals surface area contributed by atoms with E-state index < -0.39 is 0 Å². The molecule has 0 saturated heterocycles. The maximum Gasteiger partial charge on any atom is 0.161 e. The molecular formula is C43H28N2O. The first-order chi connectivity index (χ1) is 22.6. The van der Waals surface area contributed by atoms with Crippen LogP contribution in [0.15, 0.2) is 138 Å². The molecule has 9 aromatic rings. The number of fused-ring (bicyclic) bond motifs is 10. The van der Waals surface area contributed by atoms with Crippen LogP contribution in [0.4, 0.5) is 0 Å². The van der Waals surface area contributed by atoms with Crippen LogP contribution < -0.4 is 0 Å². The van der Waals surface area contributed by atoms with Gasteiger partial charge >= 0.3 is 0 Å². The molecule has 216 valence electrons. The molecule has 0 amide bonds. The second-order valence-electron chi connectivity index (χ2n) is 12.9. The number of nitrogens with zero attached hydrogens (tertiary/aromatic N) is 2. The molecule has 0 fully saturated rings. The van der Waals surface area contributed by atoms with Gasteiger partial charge in [-0.15, -0.1) is 0 Å². The topological polar surface area (TPSA) is 38.9 Å². The van der Waals surface area contributed by atoms with Crippen molar-refractivity contribution < 1.29 is 4.42 Å². The van der Waals surface area contributed by atoms with Crippen LogP contribution in [-0.4, -0.2) is 9.97 Å². The summed E-state index contributed by atoms with van der Waals surface area (Å²) in [5.41, 5.74) is 10.6. The number of aromatic nitrogens is 2. The van der Waals surface area contributed by atoms with Crippen LogP contribution in [0.5, 0.6) is 0 Å². The average molecular weight is 589 g/mol. The van der Waals surface area contributed by atoms with E-state index in [4.69, 9.17) is 14.4 Å². The molecule has 3 heteroatoms. The Balaban J connectivity index is 1.37. The lowest BCUT2D eigenvalue weighted by Crippen LogP contribution is -2.15. The Kier molecular flexibility index (Phi) is 5.06. The van der Waals surface area contributed by atoms with Gasteiger partial charge < -0.3 is 4.42 Å². The van der Waals surface area contributed by atoms with Crippen molar-refractivity contribution >= 4 is 54.4 Å². The van der Waals surface area contributed by atoms with Crippen molar-refractivity contribution in [3.8, 4) is 33.8 Å². The quantitative estimate of drug-likeness (QED) is 0.189. The van der Waals surface area contributed by atoms with Crippen LogP contribution in [0.3, 0.4) is 0 Å². The zero-order chi connectivity index (χ0) is 30.6. The van der Waals surface area contributed by atoms with Gasteiger partial charge in [0.05, 0.1) is 11.2 Å². The first-order valence-corrected chi connectivity index (χ1v) is 15.8. The largest absolute Gasteiger partial charge is 0.455 e. The van der Waals surface area contributed by atoms with Crippen molar-refractivity contribution in [1.29, 1.82) is 0 Å². The number of hydrogen-bond donors (Lipinski definition) is 0. The summed E-state index contributed by atoms with van der Waals surface area (Å²) in [6, 6.07) is 47.3. The summed E-state index contributed by atoms with van der Waals surface area (Å²) in [5.74, 6) is 0.717. The minimum absolute atomic E-state index is 0.190. The normalized spacial score (nSPS) is 13.6. The van der Waals surface area contributed by atoms with Gasteiger partial charge in [-0.2, -0.15) is 0 Å². The highest BCUT2D eigenvalue weighted by atomic mass is 16.3. The number of benzene rings is 7. The number of rotatable bonds is 2. The van der Waals surface area contributed by atoms with Gasteiger partial charge in [0.2, 0.25) is 0 Å². The van der Waals surface area contributed by atoms with Crippen LogP contribution in [0.1, 0.15) is 25.0 Å². The van der Waals surface area contributed by atoms with Crippen molar-refractivity contribution in [1.82, 2.24) is 9.97 Å². The second kappa shape index (κ2) is 9.12. The van der Waals surface area contributed by atoms with Gasteiger partial charge in [0.1, 0.15) is 11.2 Å². The van der Waals surface area contributed by atoms with Gasteiger partial charge in [-0.3, -0.25) is 0 Å². The standard InChI is InChI=1S/C43H28N2O/c1-43(2)33-20-10-7-17-29(33)38-34(43)24-32(41-39(38)31-19-9-12-22-36(31)46-41)40-30-18-8-11-21-35(30)44-42(45-40)37-27-15-5-3-13-25(27)23-26-14-4-6-16-28(26)37/h3-24H,1-2H3. The molecule has 0 unspecified atom stereocenters. The number of hydrogen-bond acceptors (Lipinski definition) is 3. The van der Waals surface area contributed by atoms with E-state index in [0.29, 0.717) is 5.82 Å². The van der Waals surface area contributed by atoms with Gasteiger partial charge in [-0.05, 0) is 68.1 Å². The molecule has 7 aromatic carbocycles. The molecule has 0 radical (unpaired) electrons. The Morgan fingerprint density at radius 2 is 1.15 bits per heavy atom. The third-order valence-electron chi connectivity index (χ3n) is 10.0. The smallest absolute Gasteiger partial charge is 0.161 e. The molecule has 3 nitrogen and oxygen atoms in total. The van der Waals surface area contributed by atoms with Crippen molar-refractivity contribution in [3.05, 3.63) is 145 Å². The molecule has 0 aliphatic heterocycles. The highest BCUT2D eigenvalue weighted by Gasteiger charge is 2.38. The highest BCUT2D eigenvalue weighted by molar-refractivity contribution is 6.20. The lowest BCUT2D eigenvalue weighted by molar-refractivity contribution is 0.657. The third kappa shape index (κ3) is 3.37. The van der Waals surface area contributed by atoms with Gasteiger partial charge in [-0.25, -0.2) is 9.97 Å². The number of para-hydroxylation sites is 2. The summed E-state index contributed by atoms with van der Waals surface area (Å²) in [6.45, 7) is 4.67. The van der Waals surface area contributed by atoms with E-state index in [1.807, 2.05) is 6.07 Å². The lowest BCUT2D eigenvalue weighted by Gasteiger charge is -2.22. The first kappa shape index (κ1) is 25.5. The van der Waals surface area contributed by atoms with Crippen LogP contribution >= 0.6 is 0 Å². The van der Waals surface area contributed by atoms with Crippen molar-refractivity contribution in [3.63, 3.8) is 0 Å². The van der Waals surface area contributed by atoms with Crippen LogP contribution in [0.2, 0.25) is 0 Å². The minimum atomic E-state index is -0.190. The van der Waals surface area contributed by atoms with Crippen LogP contribution in [0.25, 0.3) is 88.2 Å². The Bertz CT molecular complexity index is 2680. The molecule has 1 aliphatic rings. The molecule has 46 heavy (non-hydrogen) atoms. The fraction of sp³-hybridized carbons (Fsp3) is 0.0698. The van der Waals surface area contributed by atoms with Crippen LogP contribution in [0, 0.1) is 0 Å². The summed E-state index contributed by atoms with van der Waals surface area (Å²) >= 11 is 0. The maximum atomic E-state index is 6.82. The molecule has 0 bridgehead atoms. The average Bonchev–Trinajstić information content (AvgIpc) is 3.59. The van der Waals surface area contributed by atoms with Gasteiger partial charge in [-0.1, -0.05) is 123 Å². The van der Waals surface area contributed by atoms with E-state index in [1.54, 1.807) is 0 Å². The predicted molar refractivity (Wildman–Crippen MR) is 190 cm³/mol. The Morgan fingerprint density at radius 1 is 0.522 bits per heavy atom. The summed E-state index contributed by atoms with van der Waals surface area (Å²) in [6.07, 6.45) is 0. The number of furan rings is 1. The van der Waals surface area contributed by atoms with E-state index in [0.717, 1.165) is 60.4 Å². The lowest BCUT2D eigenvalue weighted by atomic mass is 9.81. The molecule has 1 aliphatic carbocycles. The van der Waals surface area contributed by atoms with Gasteiger partial charge in [0.15, 0.2) is 5.82 Å². The van der Waals surface area contributed by atoms with E-state index in [1.165, 1.54) is 33.0 Å². The van der Waals surface area contributed by atoms with E-state index >= 15 is 0 Å². The predicted octanol–water partition coefficient (Wildman–Crippen LogP) is 11.5. The summed E-state index contributed by atoms with van der Waals surface area (Å²) in [5, 5.41) is 7.91. The van der Waals surface area contributed by atoms with Crippen molar-refractivity contribution in [2.45, 2.75) is 19.3 Å². The van der Waals surface area contributed by atoms with E-state index in [2.05, 4.69) is 141 Å². The molecule has 2 aromatic heterocycles. The molecule has 0 spiro atoms. The first-order valence-electron chi connectivity index (χ1n) is 15.8. The van der Waals surface area contributed by atoms with Crippen molar-refractivity contribution in [2.75, 3.05) is 0 Å². The summed E-state index contributed by atoms with van der Waals surface area (Å²) < 4.78 is 6.82. The molecule has 0 atom stereocenters. The minimum Gasteiger partial charge on any atom is -0.455 e. The molecule has 0 saturated carbocycles.